The summed E-state index contributed by atoms with van der Waals surface area (Å²) in [6.45, 7) is 0. The number of hydrogen-bond donors (Lipinski definition) is 1. The van der Waals surface area contributed by atoms with Gasteiger partial charge in [-0.3, -0.25) is 0 Å². The fraction of sp³-hybridized carbons (Fsp3) is 0. The van der Waals surface area contributed by atoms with Gasteiger partial charge in [-0.1, -0.05) is 58.4 Å². The lowest BCUT2D eigenvalue weighted by Crippen LogP contribution is -1.89. The quantitative estimate of drug-likeness (QED) is 0.638. The minimum atomic E-state index is 0.825. The minimum Gasteiger partial charge on any atom is -0.398 e. The van der Waals surface area contributed by atoms with Crippen LogP contribution in [0.5, 0.6) is 0 Å². The number of benzene rings is 3. The molecule has 0 aliphatic heterocycles. The molecule has 0 fully saturated rings. The Hall–Kier alpha value is -1.80. The van der Waals surface area contributed by atoms with Gasteiger partial charge in [-0.15, -0.1) is 0 Å². The van der Waals surface area contributed by atoms with Crippen LogP contribution in [0.15, 0.2) is 65.1 Å². The predicted octanol–water partition coefficient (Wildman–Crippen LogP) is 4.85. The Balaban J connectivity index is 2.32. The van der Waals surface area contributed by atoms with Crippen LogP contribution in [-0.4, -0.2) is 0 Å². The average molecular weight is 298 g/mol. The van der Waals surface area contributed by atoms with E-state index in [-0.39, 0.29) is 0 Å². The van der Waals surface area contributed by atoms with Crippen LogP contribution in [0.2, 0.25) is 0 Å². The second-order valence-corrected chi connectivity index (χ2v) is 5.17. The number of nitrogen functional groups attached to an aromatic ring is 1. The molecule has 0 aromatic heterocycles. The fourth-order valence-electron chi connectivity index (χ4n) is 2.24. The van der Waals surface area contributed by atoms with Crippen molar-refractivity contribution >= 4 is 32.4 Å². The topological polar surface area (TPSA) is 26.0 Å². The Morgan fingerprint density at radius 1 is 0.778 bits per heavy atom. The van der Waals surface area contributed by atoms with Gasteiger partial charge in [0.15, 0.2) is 0 Å². The molecule has 1 nitrogen and oxygen atoms in total. The van der Waals surface area contributed by atoms with Crippen molar-refractivity contribution in [2.24, 2.45) is 0 Å². The molecule has 0 aliphatic carbocycles. The first-order chi connectivity index (χ1) is 8.75. The molecule has 3 aromatic rings. The third-order valence-electron chi connectivity index (χ3n) is 3.09. The number of rotatable bonds is 1. The molecule has 0 spiro atoms. The monoisotopic (exact) mass is 297 g/mol. The molecule has 18 heavy (non-hydrogen) atoms. The maximum Gasteiger partial charge on any atom is 0.0400 e. The summed E-state index contributed by atoms with van der Waals surface area (Å²) in [4.78, 5) is 0. The van der Waals surface area contributed by atoms with E-state index < -0.39 is 0 Å². The maximum atomic E-state index is 6.12. The van der Waals surface area contributed by atoms with Crippen molar-refractivity contribution in [3.63, 3.8) is 0 Å². The highest BCUT2D eigenvalue weighted by Gasteiger charge is 2.05. The highest BCUT2D eigenvalue weighted by Crippen LogP contribution is 2.32. The van der Waals surface area contributed by atoms with Crippen LogP contribution in [0.4, 0.5) is 5.69 Å². The number of anilines is 1. The van der Waals surface area contributed by atoms with E-state index in [0.29, 0.717) is 0 Å². The molecule has 88 valence electrons. The third-order valence-corrected chi connectivity index (χ3v) is 3.62. The van der Waals surface area contributed by atoms with E-state index in [1.54, 1.807) is 0 Å². The van der Waals surface area contributed by atoms with Crippen molar-refractivity contribution in [1.29, 1.82) is 0 Å². The first-order valence-electron chi connectivity index (χ1n) is 5.79. The van der Waals surface area contributed by atoms with Crippen molar-refractivity contribution in [2.75, 3.05) is 5.73 Å². The molecule has 2 N–H and O–H groups in total. The van der Waals surface area contributed by atoms with Crippen LogP contribution in [0.25, 0.3) is 21.9 Å². The minimum absolute atomic E-state index is 0.825. The fourth-order valence-corrected chi connectivity index (χ4v) is 2.50. The molecule has 0 atom stereocenters. The Morgan fingerprint density at radius 2 is 1.44 bits per heavy atom. The van der Waals surface area contributed by atoms with Gasteiger partial charge in [-0.2, -0.15) is 0 Å². The number of hydrogen-bond acceptors (Lipinski definition) is 1. The van der Waals surface area contributed by atoms with E-state index >= 15 is 0 Å². The highest BCUT2D eigenvalue weighted by atomic mass is 79.9. The lowest BCUT2D eigenvalue weighted by atomic mass is 9.97. The third kappa shape index (κ3) is 1.89. The van der Waals surface area contributed by atoms with Crippen molar-refractivity contribution in [1.82, 2.24) is 0 Å². The standard InChI is InChI=1S/C16H12BrN/c17-13-9-7-11(8-10-13)14-5-1-3-12-4-2-6-15(18)16(12)14/h1-10H,18H2. The zero-order chi connectivity index (χ0) is 12.5. The molecule has 0 heterocycles. The Morgan fingerprint density at radius 3 is 2.17 bits per heavy atom. The van der Waals surface area contributed by atoms with Crippen LogP contribution in [0.3, 0.4) is 0 Å². The van der Waals surface area contributed by atoms with E-state index in [1.807, 2.05) is 24.3 Å². The van der Waals surface area contributed by atoms with Crippen LogP contribution in [0, 0.1) is 0 Å². The Bertz CT molecular complexity index is 697. The molecule has 0 aliphatic rings. The first-order valence-corrected chi connectivity index (χ1v) is 6.58. The maximum absolute atomic E-state index is 6.12. The molecule has 0 saturated heterocycles. The van der Waals surface area contributed by atoms with Crippen LogP contribution in [0.1, 0.15) is 0 Å². The van der Waals surface area contributed by atoms with Crippen molar-refractivity contribution in [3.05, 3.63) is 65.1 Å². The molecule has 0 saturated carbocycles. The molecule has 0 radical (unpaired) electrons. The molecular formula is C16H12BrN. The number of halogens is 1. The van der Waals surface area contributed by atoms with Gasteiger partial charge in [0.1, 0.15) is 0 Å². The first kappa shape index (κ1) is 11.3. The van der Waals surface area contributed by atoms with Crippen molar-refractivity contribution in [3.8, 4) is 11.1 Å². The summed E-state index contributed by atoms with van der Waals surface area (Å²) in [5.41, 5.74) is 9.30. The Kier molecular flexibility index (Phi) is 2.80. The molecule has 0 amide bonds. The van der Waals surface area contributed by atoms with Crippen molar-refractivity contribution in [2.45, 2.75) is 0 Å². The van der Waals surface area contributed by atoms with Crippen molar-refractivity contribution < 1.29 is 0 Å². The average Bonchev–Trinajstić information content (AvgIpc) is 2.39. The van der Waals surface area contributed by atoms with E-state index in [1.165, 1.54) is 16.5 Å². The molecule has 0 bridgehead atoms. The van der Waals surface area contributed by atoms with Gasteiger partial charge in [-0.25, -0.2) is 0 Å². The van der Waals surface area contributed by atoms with Gasteiger partial charge >= 0.3 is 0 Å². The zero-order valence-electron chi connectivity index (χ0n) is 9.73. The summed E-state index contributed by atoms with van der Waals surface area (Å²) >= 11 is 3.46. The second kappa shape index (κ2) is 4.46. The molecule has 3 rings (SSSR count). The summed E-state index contributed by atoms with van der Waals surface area (Å²) in [5.74, 6) is 0. The van der Waals surface area contributed by atoms with E-state index in [2.05, 4.69) is 52.3 Å². The summed E-state index contributed by atoms with van der Waals surface area (Å²) in [7, 11) is 0. The smallest absolute Gasteiger partial charge is 0.0400 e. The zero-order valence-corrected chi connectivity index (χ0v) is 11.3. The van der Waals surface area contributed by atoms with Gasteiger partial charge in [0.25, 0.3) is 0 Å². The molecule has 0 unspecified atom stereocenters. The normalized spacial score (nSPS) is 10.7. The SMILES string of the molecule is Nc1cccc2cccc(-c3ccc(Br)cc3)c12. The highest BCUT2D eigenvalue weighted by molar-refractivity contribution is 9.10. The number of nitrogens with two attached hydrogens (primary N) is 1. The van der Waals surface area contributed by atoms with Gasteiger partial charge in [-0.05, 0) is 34.7 Å². The summed E-state index contributed by atoms with van der Waals surface area (Å²) in [6, 6.07) is 20.6. The molecular weight excluding hydrogens is 286 g/mol. The van der Waals surface area contributed by atoms with E-state index in [0.717, 1.165) is 15.5 Å². The van der Waals surface area contributed by atoms with Crippen LogP contribution in [-0.2, 0) is 0 Å². The summed E-state index contributed by atoms with van der Waals surface area (Å²) in [5, 5.41) is 2.30. The Labute approximate surface area is 114 Å². The largest absolute Gasteiger partial charge is 0.398 e. The number of fused-ring (bicyclic) bond motifs is 1. The van der Waals surface area contributed by atoms with Gasteiger partial charge in [0, 0.05) is 15.5 Å². The van der Waals surface area contributed by atoms with Crippen LogP contribution < -0.4 is 5.73 Å². The van der Waals surface area contributed by atoms with Gasteiger partial charge in [0.05, 0.1) is 0 Å². The van der Waals surface area contributed by atoms with E-state index in [4.69, 9.17) is 5.73 Å². The molecule has 2 heteroatoms. The lowest BCUT2D eigenvalue weighted by Gasteiger charge is -2.09. The predicted molar refractivity (Wildman–Crippen MR) is 81.5 cm³/mol. The molecule has 3 aromatic carbocycles. The van der Waals surface area contributed by atoms with Gasteiger partial charge in [0.2, 0.25) is 0 Å². The van der Waals surface area contributed by atoms with Crippen LogP contribution >= 0.6 is 15.9 Å². The van der Waals surface area contributed by atoms with E-state index in [9.17, 15) is 0 Å². The lowest BCUT2D eigenvalue weighted by molar-refractivity contribution is 1.62. The summed E-state index contributed by atoms with van der Waals surface area (Å²) < 4.78 is 1.08. The van der Waals surface area contributed by atoms with Gasteiger partial charge < -0.3 is 5.73 Å². The summed E-state index contributed by atoms with van der Waals surface area (Å²) in [6.07, 6.45) is 0. The second-order valence-electron chi connectivity index (χ2n) is 4.26.